The Labute approximate surface area is 201 Å². The summed E-state index contributed by atoms with van der Waals surface area (Å²) in [6, 6.07) is 14.9. The zero-order chi connectivity index (χ0) is 23.7. The fourth-order valence-electron chi connectivity index (χ4n) is 4.04. The highest BCUT2D eigenvalue weighted by Crippen LogP contribution is 2.40. The predicted octanol–water partition coefficient (Wildman–Crippen LogP) is 4.17. The minimum Gasteiger partial charge on any atom is -0.481 e. The summed E-state index contributed by atoms with van der Waals surface area (Å²) in [4.78, 5) is 17.3. The third-order valence-corrected chi connectivity index (χ3v) is 5.84. The molecule has 1 atom stereocenters. The van der Waals surface area contributed by atoms with E-state index >= 15 is 0 Å². The molecule has 0 saturated heterocycles. The molecule has 3 heterocycles. The summed E-state index contributed by atoms with van der Waals surface area (Å²) in [6.07, 6.45) is 7.13. The Hall–Kier alpha value is -4.22. The van der Waals surface area contributed by atoms with Gasteiger partial charge in [-0.05, 0) is 36.8 Å². The number of ether oxygens (including phenoxy) is 1. The van der Waals surface area contributed by atoms with E-state index in [0.29, 0.717) is 28.7 Å². The lowest BCUT2D eigenvalue weighted by atomic mass is 9.86. The van der Waals surface area contributed by atoms with Crippen molar-refractivity contribution >= 4 is 23.3 Å². The Morgan fingerprint density at radius 1 is 1.21 bits per heavy atom. The molecule has 5 rings (SSSR count). The van der Waals surface area contributed by atoms with Crippen LogP contribution in [-0.2, 0) is 4.79 Å². The maximum Gasteiger partial charge on any atom is 0.272 e. The fraction of sp³-hybridized carbons (Fsp3) is 0.160. The predicted molar refractivity (Wildman–Crippen MR) is 128 cm³/mol. The molecule has 9 heteroatoms. The molecule has 0 saturated carbocycles. The number of amides is 1. The van der Waals surface area contributed by atoms with Crippen LogP contribution in [0.3, 0.4) is 0 Å². The zero-order valence-electron chi connectivity index (χ0n) is 18.2. The van der Waals surface area contributed by atoms with Crippen LogP contribution in [0.4, 0.5) is 5.82 Å². The second-order valence-electron chi connectivity index (χ2n) is 7.77. The monoisotopic (exact) mass is 470 g/mol. The Balaban J connectivity index is 1.53. The number of aryl methyl sites for hydroxylation is 1. The van der Waals surface area contributed by atoms with Crippen LogP contribution in [0.15, 0.2) is 54.7 Å². The van der Waals surface area contributed by atoms with E-state index in [9.17, 15) is 4.79 Å². The van der Waals surface area contributed by atoms with Gasteiger partial charge >= 0.3 is 0 Å². The van der Waals surface area contributed by atoms with Crippen LogP contribution < -0.4 is 10.1 Å². The van der Waals surface area contributed by atoms with Gasteiger partial charge in [-0.2, -0.15) is 14.9 Å². The number of rotatable bonds is 5. The number of halogens is 1. The first-order valence-electron chi connectivity index (χ1n) is 10.5. The van der Waals surface area contributed by atoms with E-state index in [4.69, 9.17) is 22.8 Å². The Morgan fingerprint density at radius 3 is 2.71 bits per heavy atom. The lowest BCUT2D eigenvalue weighted by Crippen LogP contribution is -2.25. The lowest BCUT2D eigenvalue weighted by molar-refractivity contribution is -0.116. The van der Waals surface area contributed by atoms with Gasteiger partial charge in [0.05, 0.1) is 17.6 Å². The normalized spacial score (nSPS) is 14.7. The molecule has 34 heavy (non-hydrogen) atoms. The highest BCUT2D eigenvalue weighted by Gasteiger charge is 2.33. The Kier molecular flexibility index (Phi) is 5.70. The standard InChI is InChI=1S/C25H19ClN6O2/c1-3-12-34-19-10-6-16(7-11-19)20-13-22(33)29-24-23(20)15(2)31-32(24)25-28-21(14-27-30-25)17-4-8-18(26)9-5-17/h1,4-11,14,20H,12-13H2,2H3,(H,29,33). The summed E-state index contributed by atoms with van der Waals surface area (Å²) in [7, 11) is 0. The number of hydrogen-bond donors (Lipinski definition) is 1. The maximum absolute atomic E-state index is 12.7. The lowest BCUT2D eigenvalue weighted by Gasteiger charge is -2.24. The Morgan fingerprint density at radius 2 is 1.97 bits per heavy atom. The number of aromatic nitrogens is 5. The van der Waals surface area contributed by atoms with Crippen molar-refractivity contribution in [2.75, 3.05) is 11.9 Å². The second kappa shape index (κ2) is 8.96. The van der Waals surface area contributed by atoms with E-state index in [1.807, 2.05) is 43.3 Å². The van der Waals surface area contributed by atoms with Gasteiger partial charge in [0.25, 0.3) is 5.95 Å². The average Bonchev–Trinajstić information content (AvgIpc) is 3.19. The number of nitrogens with one attached hydrogen (secondary N) is 1. The third-order valence-electron chi connectivity index (χ3n) is 5.58. The number of carbonyl (C=O) groups is 1. The van der Waals surface area contributed by atoms with Crippen LogP contribution in [0.1, 0.15) is 29.2 Å². The molecular weight excluding hydrogens is 452 g/mol. The van der Waals surface area contributed by atoms with Crippen LogP contribution in [0.2, 0.25) is 5.02 Å². The van der Waals surface area contributed by atoms with Gasteiger partial charge in [-0.25, -0.2) is 4.98 Å². The summed E-state index contributed by atoms with van der Waals surface area (Å²) in [5.41, 5.74) is 4.11. The SMILES string of the molecule is C#CCOc1ccc(C2CC(=O)Nc3c2c(C)nn3-c2nncc(-c3ccc(Cl)cc3)n2)cc1. The molecule has 4 aromatic rings. The average molecular weight is 471 g/mol. The summed E-state index contributed by atoms with van der Waals surface area (Å²) in [5.74, 6) is 3.63. The molecule has 0 bridgehead atoms. The molecule has 0 spiro atoms. The Bertz CT molecular complexity index is 1410. The third kappa shape index (κ3) is 4.09. The van der Waals surface area contributed by atoms with Gasteiger partial charge in [0.2, 0.25) is 5.91 Å². The molecule has 8 nitrogen and oxygen atoms in total. The molecule has 1 aliphatic rings. The van der Waals surface area contributed by atoms with Gasteiger partial charge < -0.3 is 10.1 Å². The van der Waals surface area contributed by atoms with Crippen molar-refractivity contribution in [3.8, 4) is 35.3 Å². The van der Waals surface area contributed by atoms with Crippen molar-refractivity contribution in [2.24, 2.45) is 0 Å². The van der Waals surface area contributed by atoms with E-state index < -0.39 is 0 Å². The van der Waals surface area contributed by atoms with E-state index in [-0.39, 0.29) is 24.4 Å². The molecule has 1 unspecified atom stereocenters. The highest BCUT2D eigenvalue weighted by atomic mass is 35.5. The second-order valence-corrected chi connectivity index (χ2v) is 8.21. The molecule has 0 radical (unpaired) electrons. The molecule has 168 valence electrons. The molecule has 0 aliphatic carbocycles. The van der Waals surface area contributed by atoms with E-state index in [0.717, 1.165) is 22.4 Å². The van der Waals surface area contributed by atoms with Crippen molar-refractivity contribution in [2.45, 2.75) is 19.3 Å². The summed E-state index contributed by atoms with van der Waals surface area (Å²) in [6.45, 7) is 2.10. The van der Waals surface area contributed by atoms with Crippen LogP contribution >= 0.6 is 11.6 Å². The first-order valence-corrected chi connectivity index (χ1v) is 10.9. The van der Waals surface area contributed by atoms with Crippen molar-refractivity contribution in [3.63, 3.8) is 0 Å². The van der Waals surface area contributed by atoms with Gasteiger partial charge in [0.1, 0.15) is 18.2 Å². The van der Waals surface area contributed by atoms with Gasteiger partial charge in [-0.15, -0.1) is 11.5 Å². The largest absolute Gasteiger partial charge is 0.481 e. The van der Waals surface area contributed by atoms with Gasteiger partial charge in [-0.3, -0.25) is 4.79 Å². The van der Waals surface area contributed by atoms with Gasteiger partial charge in [-0.1, -0.05) is 41.8 Å². The van der Waals surface area contributed by atoms with Crippen molar-refractivity contribution < 1.29 is 9.53 Å². The molecular formula is C25H19ClN6O2. The minimum absolute atomic E-state index is 0.117. The quantitative estimate of drug-likeness (QED) is 0.440. The number of anilines is 1. The summed E-state index contributed by atoms with van der Waals surface area (Å²) >= 11 is 6.00. The number of fused-ring (bicyclic) bond motifs is 1. The fourth-order valence-corrected chi connectivity index (χ4v) is 4.17. The van der Waals surface area contributed by atoms with E-state index in [1.165, 1.54) is 4.68 Å². The molecule has 2 aromatic carbocycles. The zero-order valence-corrected chi connectivity index (χ0v) is 19.0. The molecule has 2 aromatic heterocycles. The number of nitrogens with zero attached hydrogens (tertiary/aromatic N) is 5. The first kappa shape index (κ1) is 21.6. The van der Waals surface area contributed by atoms with Crippen molar-refractivity contribution in [1.29, 1.82) is 0 Å². The molecule has 0 fully saturated rings. The summed E-state index contributed by atoms with van der Waals surface area (Å²) < 4.78 is 7.00. The maximum atomic E-state index is 12.7. The topological polar surface area (TPSA) is 94.8 Å². The molecule has 1 amide bonds. The minimum atomic E-state index is -0.174. The number of benzene rings is 2. The number of hydrogen-bond acceptors (Lipinski definition) is 6. The number of carbonyl (C=O) groups excluding carboxylic acids is 1. The molecule has 1 N–H and O–H groups in total. The van der Waals surface area contributed by atoms with E-state index in [1.54, 1.807) is 18.3 Å². The summed E-state index contributed by atoms with van der Waals surface area (Å²) in [5, 5.41) is 16.5. The first-order chi connectivity index (χ1) is 16.5. The van der Waals surface area contributed by atoms with Crippen LogP contribution in [0.25, 0.3) is 17.2 Å². The van der Waals surface area contributed by atoms with Crippen LogP contribution in [-0.4, -0.2) is 37.5 Å². The number of terminal acetylenes is 1. The molecule has 1 aliphatic heterocycles. The van der Waals surface area contributed by atoms with Crippen LogP contribution in [0, 0.1) is 19.3 Å². The van der Waals surface area contributed by atoms with E-state index in [2.05, 4.69) is 31.5 Å². The van der Waals surface area contributed by atoms with Crippen molar-refractivity contribution in [3.05, 3.63) is 76.6 Å². The van der Waals surface area contributed by atoms with Crippen molar-refractivity contribution in [1.82, 2.24) is 25.0 Å². The highest BCUT2D eigenvalue weighted by molar-refractivity contribution is 6.30. The van der Waals surface area contributed by atoms with Gasteiger partial charge in [0.15, 0.2) is 0 Å². The van der Waals surface area contributed by atoms with Gasteiger partial charge in [0, 0.05) is 28.5 Å². The smallest absolute Gasteiger partial charge is 0.272 e. The van der Waals surface area contributed by atoms with Crippen LogP contribution in [0.5, 0.6) is 5.75 Å².